The average Bonchev–Trinajstić information content (AvgIpc) is 2.95. The molecule has 0 aromatic rings. The van der Waals surface area contributed by atoms with Crippen LogP contribution in [-0.2, 0) is 4.79 Å². The van der Waals surface area contributed by atoms with Gasteiger partial charge < -0.3 is 5.73 Å². The van der Waals surface area contributed by atoms with Crippen molar-refractivity contribution in [3.8, 4) is 0 Å². The third kappa shape index (κ3) is 50.0. The van der Waals surface area contributed by atoms with Gasteiger partial charge in [-0.25, -0.2) is 0 Å². The van der Waals surface area contributed by atoms with Gasteiger partial charge in [0.15, 0.2) is 5.78 Å². The Morgan fingerprint density at radius 3 is 1.15 bits per heavy atom. The van der Waals surface area contributed by atoms with Gasteiger partial charge in [0, 0.05) is 5.57 Å². The van der Waals surface area contributed by atoms with Crippen LogP contribution in [0, 0.1) is 17.3 Å². The minimum Gasteiger partial charge on any atom is -0.331 e. The zero-order valence-electron chi connectivity index (χ0n) is 31.9. The van der Waals surface area contributed by atoms with Gasteiger partial charge >= 0.3 is 0 Å². The molecule has 0 bridgehead atoms. The van der Waals surface area contributed by atoms with Crippen LogP contribution >= 0.6 is 0 Å². The Morgan fingerprint density at radius 2 is 1.02 bits per heavy atom. The topological polar surface area (TPSA) is 43.1 Å². The molecule has 0 aromatic heterocycles. The molecule has 0 aliphatic heterocycles. The number of allylic oxidation sites excluding steroid dienone is 4. The van der Waals surface area contributed by atoms with Crippen molar-refractivity contribution in [1.29, 1.82) is 0 Å². The summed E-state index contributed by atoms with van der Waals surface area (Å²) in [5, 5.41) is 0. The van der Waals surface area contributed by atoms with E-state index in [0.717, 1.165) is 24.0 Å². The summed E-state index contributed by atoms with van der Waals surface area (Å²) in [5.41, 5.74) is 6.32. The van der Waals surface area contributed by atoms with E-state index in [1.54, 1.807) is 6.92 Å². The molecule has 0 saturated carbocycles. The quantitative estimate of drug-likeness (QED) is 0.176. The lowest BCUT2D eigenvalue weighted by atomic mass is 9.74. The maximum Gasteiger partial charge on any atom is 0.159 e. The molecule has 0 amide bonds. The Morgan fingerprint density at radius 1 is 0.725 bits per heavy atom. The molecule has 2 N–H and O–H groups in total. The molecule has 0 heterocycles. The molecule has 0 fully saturated rings. The second kappa shape index (κ2) is 50.9. The van der Waals surface area contributed by atoms with Gasteiger partial charge in [-0.3, -0.25) is 4.79 Å². The Bertz CT molecular complexity index is 437. The molecule has 2 unspecified atom stereocenters. The van der Waals surface area contributed by atoms with E-state index in [-0.39, 0.29) is 5.78 Å². The number of hydrogen-bond acceptors (Lipinski definition) is 2. The lowest BCUT2D eigenvalue weighted by Gasteiger charge is -2.32. The van der Waals surface area contributed by atoms with Crippen LogP contribution in [0.1, 0.15) is 195 Å². The maximum atomic E-state index is 10.6. The molecule has 0 rings (SSSR count). The van der Waals surface area contributed by atoms with Crippen LogP contribution in [0.25, 0.3) is 0 Å². The van der Waals surface area contributed by atoms with Gasteiger partial charge in [0.1, 0.15) is 0 Å². The second-order valence-corrected chi connectivity index (χ2v) is 10.3. The maximum absolute atomic E-state index is 10.6. The highest BCUT2D eigenvalue weighted by molar-refractivity contribution is 5.95. The zero-order valence-corrected chi connectivity index (χ0v) is 31.9. The summed E-state index contributed by atoms with van der Waals surface area (Å²) in [6.45, 7) is 38.7. The van der Waals surface area contributed by atoms with Gasteiger partial charge in [-0.2, -0.15) is 0 Å². The Kier molecular flexibility index (Phi) is 70.1. The molecule has 0 radical (unpaired) electrons. The van der Waals surface area contributed by atoms with E-state index in [1.165, 1.54) is 70.6 Å². The lowest BCUT2D eigenvalue weighted by Crippen LogP contribution is -2.19. The van der Waals surface area contributed by atoms with Gasteiger partial charge in [0.2, 0.25) is 0 Å². The highest BCUT2D eigenvalue weighted by atomic mass is 16.1. The third-order valence-electron chi connectivity index (χ3n) is 6.35. The van der Waals surface area contributed by atoms with Crippen molar-refractivity contribution in [1.82, 2.24) is 0 Å². The second-order valence-electron chi connectivity index (χ2n) is 10.3. The number of carbonyl (C=O) groups excluding carboxylic acids is 1. The van der Waals surface area contributed by atoms with Gasteiger partial charge in [-0.05, 0) is 70.3 Å². The fraction of sp³-hybridized carbons (Fsp3) is 0.868. The third-order valence-corrected chi connectivity index (χ3v) is 6.35. The molecule has 2 nitrogen and oxygen atoms in total. The van der Waals surface area contributed by atoms with E-state index in [9.17, 15) is 4.79 Å². The van der Waals surface area contributed by atoms with Crippen molar-refractivity contribution >= 4 is 5.78 Å². The summed E-state index contributed by atoms with van der Waals surface area (Å²) >= 11 is 0. The largest absolute Gasteiger partial charge is 0.331 e. The predicted molar refractivity (Wildman–Crippen MR) is 194 cm³/mol. The van der Waals surface area contributed by atoms with E-state index in [4.69, 9.17) is 5.73 Å². The van der Waals surface area contributed by atoms with E-state index < -0.39 is 0 Å². The number of hydrogen-bond donors (Lipinski definition) is 1. The molecular formula is C38H85NO. The van der Waals surface area contributed by atoms with Crippen LogP contribution in [0.4, 0.5) is 0 Å². The molecule has 2 atom stereocenters. The predicted octanol–water partition coefficient (Wildman–Crippen LogP) is 13.8. The normalized spacial score (nSPS) is 11.5. The Hall–Kier alpha value is -0.890. The molecule has 2 heteroatoms. The number of rotatable bonds is 13. The molecule has 40 heavy (non-hydrogen) atoms. The summed E-state index contributed by atoms with van der Waals surface area (Å²) in [6.07, 6.45) is 20.6. The summed E-state index contributed by atoms with van der Waals surface area (Å²) in [4.78, 5) is 10.6. The van der Waals surface area contributed by atoms with E-state index in [1.807, 2.05) is 66.7 Å². The molecule has 248 valence electrons. The smallest absolute Gasteiger partial charge is 0.159 e. The van der Waals surface area contributed by atoms with Gasteiger partial charge in [0.25, 0.3) is 0 Å². The van der Waals surface area contributed by atoms with E-state index in [2.05, 4.69) is 69.2 Å². The summed E-state index contributed by atoms with van der Waals surface area (Å²) in [6, 6.07) is 0. The number of nitrogens with two attached hydrogens (primary N) is 1. The molecule has 0 aliphatic rings. The standard InChI is InChI=1S/C12H26.C9H20.C8H12O.C3H8.C2H7N.2C2H6/c1-5-9-12(8-4,10-6-2)11-7-3;1-5-8(3)7-9(4)6-2;1-4-6-8(5-2)7(3)9;1-3-2;1-2-3;2*1-2/h5-11H2,1-4H3;8-9H,5-7H2,1-4H3;4-6H,1-3H3;3H2,1-2H3;2-3H2,1H3;2*1-2H3/b;;6-4-,8-5+;;;;. The number of Topliss-reactive ketones (excluding diaryl/α,β-unsaturated/α-hetero) is 1. The fourth-order valence-electron chi connectivity index (χ4n) is 4.11. The van der Waals surface area contributed by atoms with Crippen LogP contribution in [-0.4, -0.2) is 12.3 Å². The minimum atomic E-state index is 0.121. The zero-order chi connectivity index (χ0) is 33.4. The monoisotopic (exact) mass is 572 g/mol. The van der Waals surface area contributed by atoms with Gasteiger partial charge in [-0.15, -0.1) is 0 Å². The fourth-order valence-corrected chi connectivity index (χ4v) is 4.11. The Labute approximate surface area is 258 Å². The first kappa shape index (κ1) is 55.1. The van der Waals surface area contributed by atoms with Crippen LogP contribution in [0.15, 0.2) is 23.8 Å². The van der Waals surface area contributed by atoms with E-state index >= 15 is 0 Å². The Balaban J connectivity index is -0.0000000706. The minimum absolute atomic E-state index is 0.121. The van der Waals surface area contributed by atoms with Crippen molar-refractivity contribution in [2.45, 2.75) is 195 Å². The highest BCUT2D eigenvalue weighted by Gasteiger charge is 2.24. The van der Waals surface area contributed by atoms with Crippen LogP contribution in [0.2, 0.25) is 0 Å². The lowest BCUT2D eigenvalue weighted by molar-refractivity contribution is -0.113. The van der Waals surface area contributed by atoms with Crippen molar-refractivity contribution < 1.29 is 4.79 Å². The average molecular weight is 572 g/mol. The molecular weight excluding hydrogens is 486 g/mol. The first-order valence-electron chi connectivity index (χ1n) is 17.5. The summed E-state index contributed by atoms with van der Waals surface area (Å²) in [5.74, 6) is 1.98. The van der Waals surface area contributed by atoms with Crippen LogP contribution in [0.5, 0.6) is 0 Å². The van der Waals surface area contributed by atoms with Crippen molar-refractivity contribution in [3.63, 3.8) is 0 Å². The summed E-state index contributed by atoms with van der Waals surface area (Å²) < 4.78 is 0. The van der Waals surface area contributed by atoms with E-state index in [0.29, 0.717) is 5.41 Å². The first-order valence-corrected chi connectivity index (χ1v) is 17.5. The molecule has 0 aliphatic carbocycles. The van der Waals surface area contributed by atoms with Crippen molar-refractivity contribution in [2.75, 3.05) is 6.54 Å². The van der Waals surface area contributed by atoms with Gasteiger partial charge in [0.05, 0.1) is 0 Å². The molecule has 0 saturated heterocycles. The SMILES string of the molecule is C/C=C\C(=C/C)C(C)=O.CC.CC.CCC.CCC(C)CC(C)CC.CCCC(CC)(CCC)CCC.CCN. The number of carbonyl (C=O) groups is 1. The summed E-state index contributed by atoms with van der Waals surface area (Å²) in [7, 11) is 0. The van der Waals surface area contributed by atoms with Gasteiger partial charge in [-0.1, -0.05) is 167 Å². The van der Waals surface area contributed by atoms with Crippen molar-refractivity contribution in [2.24, 2.45) is 23.0 Å². The molecule has 0 aromatic carbocycles. The first-order chi connectivity index (χ1) is 19.0. The van der Waals surface area contributed by atoms with Crippen molar-refractivity contribution in [3.05, 3.63) is 23.8 Å². The molecule has 0 spiro atoms. The van der Waals surface area contributed by atoms with Crippen LogP contribution < -0.4 is 5.73 Å². The highest BCUT2D eigenvalue weighted by Crippen LogP contribution is 2.38. The number of ketones is 1. The van der Waals surface area contributed by atoms with Crippen LogP contribution in [0.3, 0.4) is 0 Å².